The fraction of sp³-hybridized carbons (Fsp3) is 0.238. The Morgan fingerprint density at radius 2 is 2.00 bits per heavy atom. The molecule has 9 heteroatoms. The highest BCUT2D eigenvalue weighted by atomic mass is 16.7. The van der Waals surface area contributed by atoms with Crippen LogP contribution in [-0.4, -0.2) is 30.0 Å². The molecule has 2 bridgehead atoms. The number of hydroxylamine groups is 1. The SMILES string of the molecule is CC1=C2NOC(Nc3cc(C)c(C(=O)O)c(C)c3)(N=C1)N2c1ccc2c(c1)NCO2. The smallest absolute Gasteiger partial charge is 0.351 e. The Kier molecular flexibility index (Phi) is 3.90. The van der Waals surface area contributed by atoms with Gasteiger partial charge in [-0.1, -0.05) is 0 Å². The molecule has 2 aromatic carbocycles. The van der Waals surface area contributed by atoms with Gasteiger partial charge in [-0.15, -0.1) is 0 Å². The standard InChI is InChI=1S/C21H21N5O4/c1-11-6-14(7-12(2)18(11)20(27)28)24-21-23-9-13(3)19(25-30-21)26(21)15-4-5-17-16(8-15)22-10-29-17/h4-9,22,24-25H,10H2,1-3H3,(H,27,28). The topological polar surface area (TPSA) is 107 Å². The number of aryl methyl sites for hydroxylation is 2. The highest BCUT2D eigenvalue weighted by molar-refractivity contribution is 5.92. The van der Waals surface area contributed by atoms with Crippen molar-refractivity contribution >= 4 is 29.2 Å². The Balaban J connectivity index is 1.57. The zero-order valence-electron chi connectivity index (χ0n) is 16.7. The second kappa shape index (κ2) is 6.39. The van der Waals surface area contributed by atoms with Crippen LogP contribution >= 0.6 is 0 Å². The molecule has 4 N–H and O–H groups in total. The number of ether oxygens (including phenoxy) is 1. The van der Waals surface area contributed by atoms with Gasteiger partial charge in [-0.05, 0) is 62.2 Å². The summed E-state index contributed by atoms with van der Waals surface area (Å²) < 4.78 is 5.53. The molecule has 1 saturated heterocycles. The number of carboxylic acids is 1. The van der Waals surface area contributed by atoms with Crippen molar-refractivity contribution in [3.05, 3.63) is 58.4 Å². The van der Waals surface area contributed by atoms with Crippen LogP contribution in [-0.2, 0) is 4.84 Å². The maximum Gasteiger partial charge on any atom is 0.351 e. The van der Waals surface area contributed by atoms with Crippen molar-refractivity contribution < 1.29 is 19.5 Å². The van der Waals surface area contributed by atoms with E-state index in [9.17, 15) is 9.90 Å². The van der Waals surface area contributed by atoms with Gasteiger partial charge in [-0.3, -0.25) is 4.90 Å². The Morgan fingerprint density at radius 3 is 2.73 bits per heavy atom. The molecule has 0 saturated carbocycles. The van der Waals surface area contributed by atoms with Crippen LogP contribution in [0.3, 0.4) is 0 Å². The fourth-order valence-electron chi connectivity index (χ4n) is 4.04. The normalized spacial score (nSPS) is 21.1. The van der Waals surface area contributed by atoms with E-state index in [4.69, 9.17) is 9.57 Å². The lowest BCUT2D eigenvalue weighted by Crippen LogP contribution is -2.51. The number of aliphatic imine (C=N–C) groups is 1. The second-order valence-electron chi connectivity index (χ2n) is 7.50. The monoisotopic (exact) mass is 407 g/mol. The summed E-state index contributed by atoms with van der Waals surface area (Å²) in [6.07, 6.45) is 1.75. The molecule has 0 amide bonds. The van der Waals surface area contributed by atoms with Crippen LogP contribution < -0.4 is 25.8 Å². The molecule has 3 aliphatic rings. The van der Waals surface area contributed by atoms with E-state index in [-0.39, 0.29) is 0 Å². The summed E-state index contributed by atoms with van der Waals surface area (Å²) in [6, 6.07) is 9.39. The van der Waals surface area contributed by atoms with Gasteiger partial charge in [-0.2, -0.15) is 0 Å². The predicted octanol–water partition coefficient (Wildman–Crippen LogP) is 3.14. The number of benzene rings is 2. The maximum atomic E-state index is 11.5. The van der Waals surface area contributed by atoms with E-state index in [0.29, 0.717) is 29.1 Å². The van der Waals surface area contributed by atoms with Gasteiger partial charge >= 0.3 is 11.9 Å². The zero-order valence-corrected chi connectivity index (χ0v) is 16.7. The van der Waals surface area contributed by atoms with E-state index in [1.807, 2.05) is 30.0 Å². The van der Waals surface area contributed by atoms with Crippen molar-refractivity contribution in [3.8, 4) is 5.75 Å². The van der Waals surface area contributed by atoms with Crippen molar-refractivity contribution in [3.63, 3.8) is 0 Å². The molecule has 2 aromatic rings. The number of aromatic carboxylic acids is 1. The fourth-order valence-corrected chi connectivity index (χ4v) is 4.04. The lowest BCUT2D eigenvalue weighted by atomic mass is 10.0. The highest BCUT2D eigenvalue weighted by Gasteiger charge is 2.49. The number of carboxylic acid groups (broad SMARTS) is 1. The highest BCUT2D eigenvalue weighted by Crippen LogP contribution is 2.42. The van der Waals surface area contributed by atoms with E-state index in [0.717, 1.165) is 28.5 Å². The molecule has 1 atom stereocenters. The third-order valence-corrected chi connectivity index (χ3v) is 5.39. The van der Waals surface area contributed by atoms with Gasteiger partial charge in [0.15, 0.2) is 6.73 Å². The van der Waals surface area contributed by atoms with Crippen LogP contribution in [0.1, 0.15) is 28.4 Å². The molecular weight excluding hydrogens is 386 g/mol. The van der Waals surface area contributed by atoms with Gasteiger partial charge in [-0.25, -0.2) is 20.1 Å². The minimum absolute atomic E-state index is 0.300. The number of anilines is 3. The Bertz CT molecular complexity index is 1120. The summed E-state index contributed by atoms with van der Waals surface area (Å²) in [6.45, 7) is 5.93. The molecule has 0 aliphatic carbocycles. The summed E-state index contributed by atoms with van der Waals surface area (Å²) >= 11 is 0. The van der Waals surface area contributed by atoms with E-state index in [2.05, 4.69) is 21.1 Å². The number of nitrogens with zero attached hydrogens (tertiary/aromatic N) is 2. The summed E-state index contributed by atoms with van der Waals surface area (Å²) in [4.78, 5) is 24.0. The second-order valence-corrected chi connectivity index (χ2v) is 7.50. The molecule has 9 nitrogen and oxygen atoms in total. The molecule has 0 aromatic heterocycles. The van der Waals surface area contributed by atoms with Crippen LogP contribution in [0, 0.1) is 13.8 Å². The van der Waals surface area contributed by atoms with Gasteiger partial charge in [0.25, 0.3) is 0 Å². The maximum absolute atomic E-state index is 11.5. The molecule has 154 valence electrons. The van der Waals surface area contributed by atoms with Crippen molar-refractivity contribution in [1.29, 1.82) is 0 Å². The summed E-state index contributed by atoms with van der Waals surface area (Å²) in [7, 11) is 0. The minimum atomic E-state index is -1.26. The molecule has 0 radical (unpaired) electrons. The summed E-state index contributed by atoms with van der Waals surface area (Å²) in [5.74, 6) is -0.637. The van der Waals surface area contributed by atoms with Gasteiger partial charge in [0.1, 0.15) is 11.6 Å². The number of rotatable bonds is 4. The summed E-state index contributed by atoms with van der Waals surface area (Å²) in [5, 5.41) is 16.0. The van der Waals surface area contributed by atoms with Gasteiger partial charge in [0.2, 0.25) is 0 Å². The number of allylic oxidation sites excluding steroid dienone is 1. The van der Waals surface area contributed by atoms with Crippen molar-refractivity contribution in [2.24, 2.45) is 4.99 Å². The minimum Gasteiger partial charge on any atom is -0.478 e. The predicted molar refractivity (Wildman–Crippen MR) is 113 cm³/mol. The van der Waals surface area contributed by atoms with E-state index < -0.39 is 11.9 Å². The first-order chi connectivity index (χ1) is 14.4. The van der Waals surface area contributed by atoms with E-state index in [1.54, 1.807) is 32.2 Å². The third kappa shape index (κ3) is 2.66. The molecule has 1 unspecified atom stereocenters. The van der Waals surface area contributed by atoms with Crippen molar-refractivity contribution in [2.45, 2.75) is 26.7 Å². The Labute approximate surface area is 173 Å². The van der Waals surface area contributed by atoms with Gasteiger partial charge < -0.3 is 20.5 Å². The lowest BCUT2D eigenvalue weighted by Gasteiger charge is -2.36. The van der Waals surface area contributed by atoms with Crippen LogP contribution in [0.5, 0.6) is 5.75 Å². The number of nitrogens with one attached hydrogen (secondary N) is 3. The molecule has 3 heterocycles. The average molecular weight is 407 g/mol. The number of carbonyl (C=O) groups is 1. The Morgan fingerprint density at radius 1 is 1.23 bits per heavy atom. The van der Waals surface area contributed by atoms with Crippen molar-refractivity contribution in [2.75, 3.05) is 22.3 Å². The lowest BCUT2D eigenvalue weighted by molar-refractivity contribution is -0.0214. The van der Waals surface area contributed by atoms with Crippen LogP contribution in [0.4, 0.5) is 17.1 Å². The van der Waals surface area contributed by atoms with E-state index >= 15 is 0 Å². The Hall–Kier alpha value is -3.72. The molecule has 30 heavy (non-hydrogen) atoms. The molecule has 1 fully saturated rings. The summed E-state index contributed by atoms with van der Waals surface area (Å²) in [5.41, 5.74) is 7.96. The van der Waals surface area contributed by atoms with Gasteiger partial charge in [0, 0.05) is 17.5 Å². The first kappa shape index (κ1) is 18.3. The number of hydrogen-bond acceptors (Lipinski definition) is 8. The van der Waals surface area contributed by atoms with Crippen LogP contribution in [0.2, 0.25) is 0 Å². The van der Waals surface area contributed by atoms with Gasteiger partial charge in [0.05, 0.1) is 16.9 Å². The van der Waals surface area contributed by atoms with Crippen LogP contribution in [0.15, 0.2) is 46.7 Å². The molecule has 0 spiro atoms. The van der Waals surface area contributed by atoms with E-state index in [1.165, 1.54) is 0 Å². The number of fused-ring (bicyclic) bond motifs is 3. The largest absolute Gasteiger partial charge is 0.478 e. The third-order valence-electron chi connectivity index (χ3n) is 5.39. The average Bonchev–Trinajstić information content (AvgIpc) is 3.25. The molecule has 3 aliphatic heterocycles. The zero-order chi connectivity index (χ0) is 21.0. The first-order valence-corrected chi connectivity index (χ1v) is 9.52. The molecule has 5 rings (SSSR count). The van der Waals surface area contributed by atoms with Crippen molar-refractivity contribution in [1.82, 2.24) is 5.48 Å². The number of hydrogen-bond donors (Lipinski definition) is 4. The molecular formula is C21H21N5O4. The quantitative estimate of drug-likeness (QED) is 0.612. The first-order valence-electron chi connectivity index (χ1n) is 9.52. The van der Waals surface area contributed by atoms with Crippen LogP contribution in [0.25, 0.3) is 0 Å².